The van der Waals surface area contributed by atoms with E-state index in [2.05, 4.69) is 10.2 Å². The summed E-state index contributed by atoms with van der Waals surface area (Å²) in [6.07, 6.45) is 0.170. The molecule has 0 unspecified atom stereocenters. The Kier molecular flexibility index (Phi) is 4.95. The third kappa shape index (κ3) is 3.38. The second-order valence-electron chi connectivity index (χ2n) is 8.19. The van der Waals surface area contributed by atoms with Crippen LogP contribution < -0.4 is 14.5 Å². The van der Waals surface area contributed by atoms with Crippen molar-refractivity contribution in [1.82, 2.24) is 5.32 Å². The van der Waals surface area contributed by atoms with Gasteiger partial charge in [0.05, 0.1) is 16.1 Å². The van der Waals surface area contributed by atoms with Crippen LogP contribution in [0.25, 0.3) is 10.8 Å². The van der Waals surface area contributed by atoms with Crippen LogP contribution in [0.5, 0.6) is 0 Å². The molecule has 0 aliphatic carbocycles. The quantitative estimate of drug-likeness (QED) is 0.683. The summed E-state index contributed by atoms with van der Waals surface area (Å²) >= 11 is 0. The first-order chi connectivity index (χ1) is 15.0. The van der Waals surface area contributed by atoms with Crippen molar-refractivity contribution in [1.29, 1.82) is 0 Å². The van der Waals surface area contributed by atoms with Gasteiger partial charge in [0.15, 0.2) is 5.78 Å². The highest BCUT2D eigenvalue weighted by molar-refractivity contribution is 7.92. The van der Waals surface area contributed by atoms with Crippen LogP contribution in [0.1, 0.15) is 23.7 Å². The van der Waals surface area contributed by atoms with Gasteiger partial charge in [-0.25, -0.2) is 8.42 Å². The van der Waals surface area contributed by atoms with Crippen molar-refractivity contribution in [2.24, 2.45) is 0 Å². The molecule has 1 atom stereocenters. The third-order valence-corrected chi connectivity index (χ3v) is 8.08. The number of hydrogen-bond acceptors (Lipinski definition) is 5. The average molecular weight is 436 g/mol. The molecule has 0 bridgehead atoms. The Morgan fingerprint density at radius 2 is 1.61 bits per heavy atom. The maximum atomic E-state index is 13.8. The standard InChI is InChI=1S/C24H25N3O3S/c1-17-15-23(28)24-21(26-13-11-25-12-14-26)7-4-8-22(24)27(17)31(29,30)20-10-9-18-5-2-3-6-19(18)16-20/h2-10,16-17,25H,11-15H2,1H3/t17-/m1/s1. The highest BCUT2D eigenvalue weighted by atomic mass is 32.2. The molecule has 2 heterocycles. The van der Waals surface area contributed by atoms with Crippen molar-refractivity contribution in [3.63, 3.8) is 0 Å². The highest BCUT2D eigenvalue weighted by Gasteiger charge is 2.39. The molecule has 6 nitrogen and oxygen atoms in total. The molecule has 0 radical (unpaired) electrons. The van der Waals surface area contributed by atoms with Crippen LogP contribution in [0.4, 0.5) is 11.4 Å². The van der Waals surface area contributed by atoms with Gasteiger partial charge < -0.3 is 10.2 Å². The molecule has 3 aromatic rings. The van der Waals surface area contributed by atoms with Crippen molar-refractivity contribution in [2.45, 2.75) is 24.3 Å². The molecule has 31 heavy (non-hydrogen) atoms. The lowest BCUT2D eigenvalue weighted by Crippen LogP contribution is -2.46. The number of carbonyl (C=O) groups excluding carboxylic acids is 1. The fourth-order valence-corrected chi connectivity index (χ4v) is 6.37. The van der Waals surface area contributed by atoms with Crippen molar-refractivity contribution >= 4 is 38.0 Å². The van der Waals surface area contributed by atoms with Crippen LogP contribution in [-0.4, -0.2) is 46.4 Å². The Morgan fingerprint density at radius 1 is 0.903 bits per heavy atom. The van der Waals surface area contributed by atoms with Gasteiger partial charge in [0.2, 0.25) is 0 Å². The number of piperazine rings is 1. The van der Waals surface area contributed by atoms with Gasteiger partial charge in [0, 0.05) is 44.3 Å². The van der Waals surface area contributed by atoms with Crippen molar-refractivity contribution < 1.29 is 13.2 Å². The maximum Gasteiger partial charge on any atom is 0.264 e. The number of carbonyl (C=O) groups is 1. The molecule has 1 N–H and O–H groups in total. The summed E-state index contributed by atoms with van der Waals surface area (Å²) in [6.45, 7) is 5.06. The topological polar surface area (TPSA) is 69.7 Å². The molecule has 7 heteroatoms. The molecule has 0 spiro atoms. The molecule has 160 valence electrons. The van der Waals surface area contributed by atoms with Gasteiger partial charge >= 0.3 is 0 Å². The van der Waals surface area contributed by atoms with Gasteiger partial charge in [-0.15, -0.1) is 0 Å². The van der Waals surface area contributed by atoms with E-state index in [0.29, 0.717) is 11.3 Å². The molecule has 1 saturated heterocycles. The zero-order valence-corrected chi connectivity index (χ0v) is 18.2. The minimum absolute atomic E-state index is 0.00148. The van der Waals surface area contributed by atoms with Crippen LogP contribution in [0, 0.1) is 0 Å². The summed E-state index contributed by atoms with van der Waals surface area (Å²) in [5.74, 6) is 0.00148. The van der Waals surface area contributed by atoms with Gasteiger partial charge in [-0.3, -0.25) is 9.10 Å². The normalized spacial score (nSPS) is 19.5. The predicted molar refractivity (Wildman–Crippen MR) is 124 cm³/mol. The summed E-state index contributed by atoms with van der Waals surface area (Å²) in [7, 11) is -3.84. The van der Waals surface area contributed by atoms with Crippen molar-refractivity contribution in [2.75, 3.05) is 35.4 Å². The van der Waals surface area contributed by atoms with Gasteiger partial charge in [-0.2, -0.15) is 0 Å². The van der Waals surface area contributed by atoms with Crippen LogP contribution in [0.3, 0.4) is 0 Å². The zero-order valence-electron chi connectivity index (χ0n) is 17.4. The monoisotopic (exact) mass is 435 g/mol. The summed E-state index contributed by atoms with van der Waals surface area (Å²) < 4.78 is 29.0. The minimum Gasteiger partial charge on any atom is -0.368 e. The van der Waals surface area contributed by atoms with Crippen LogP contribution in [-0.2, 0) is 10.0 Å². The Hall–Kier alpha value is -2.90. The lowest BCUT2D eigenvalue weighted by Gasteiger charge is -2.38. The van der Waals surface area contributed by atoms with E-state index in [9.17, 15) is 13.2 Å². The number of Topliss-reactive ketones (excluding diaryl/α,β-unsaturated/α-hetero) is 1. The van der Waals surface area contributed by atoms with Crippen molar-refractivity contribution in [3.05, 3.63) is 66.2 Å². The molecule has 2 aliphatic rings. The first-order valence-electron chi connectivity index (χ1n) is 10.6. The molecule has 3 aromatic carbocycles. The number of nitrogens with zero attached hydrogens (tertiary/aromatic N) is 2. The lowest BCUT2D eigenvalue weighted by molar-refractivity contribution is 0.0972. The molecule has 0 saturated carbocycles. The van der Waals surface area contributed by atoms with E-state index >= 15 is 0 Å². The van der Waals surface area contributed by atoms with E-state index < -0.39 is 16.1 Å². The number of ketones is 1. The zero-order chi connectivity index (χ0) is 21.6. The SMILES string of the molecule is C[C@@H]1CC(=O)c2c(N3CCNCC3)cccc2N1S(=O)(=O)c1ccc2ccccc2c1. The van der Waals surface area contributed by atoms with E-state index in [-0.39, 0.29) is 17.1 Å². The smallest absolute Gasteiger partial charge is 0.264 e. The third-order valence-electron chi connectivity index (χ3n) is 6.15. The van der Waals surface area contributed by atoms with Gasteiger partial charge in [0.1, 0.15) is 0 Å². The van der Waals surface area contributed by atoms with E-state index in [1.165, 1.54) is 4.31 Å². The molecule has 5 rings (SSSR count). The molecule has 1 fully saturated rings. The number of anilines is 2. The number of rotatable bonds is 3. The second kappa shape index (κ2) is 7.66. The fourth-order valence-electron chi connectivity index (χ4n) is 4.67. The Balaban J connectivity index is 1.64. The second-order valence-corrected chi connectivity index (χ2v) is 10.0. The maximum absolute atomic E-state index is 13.8. The minimum atomic E-state index is -3.84. The summed E-state index contributed by atoms with van der Waals surface area (Å²) in [6, 6.07) is 18.0. The fraction of sp³-hybridized carbons (Fsp3) is 0.292. The van der Waals surface area contributed by atoms with E-state index in [0.717, 1.165) is 42.6 Å². The number of benzene rings is 3. The molecule has 2 aliphatic heterocycles. The van der Waals surface area contributed by atoms with E-state index in [4.69, 9.17) is 0 Å². The first-order valence-corrected chi connectivity index (χ1v) is 12.1. The number of fused-ring (bicyclic) bond motifs is 2. The van der Waals surface area contributed by atoms with E-state index in [1.807, 2.05) is 42.5 Å². The Morgan fingerprint density at radius 3 is 2.39 bits per heavy atom. The Labute approximate surface area is 182 Å². The van der Waals surface area contributed by atoms with Gasteiger partial charge in [-0.1, -0.05) is 36.4 Å². The average Bonchev–Trinajstić information content (AvgIpc) is 2.78. The van der Waals surface area contributed by atoms with Crippen LogP contribution in [0.15, 0.2) is 65.6 Å². The largest absolute Gasteiger partial charge is 0.368 e. The summed E-state index contributed by atoms with van der Waals surface area (Å²) in [5.41, 5.74) is 1.83. The highest BCUT2D eigenvalue weighted by Crippen LogP contribution is 2.40. The number of nitrogens with one attached hydrogen (secondary N) is 1. The number of sulfonamides is 1. The predicted octanol–water partition coefficient (Wildman–Crippen LogP) is 3.42. The Bertz CT molecular complexity index is 1270. The molecule has 0 amide bonds. The lowest BCUT2D eigenvalue weighted by atomic mass is 9.95. The van der Waals surface area contributed by atoms with Gasteiger partial charge in [0.25, 0.3) is 10.0 Å². The first kappa shape index (κ1) is 20.0. The number of hydrogen-bond donors (Lipinski definition) is 1. The molecule has 0 aromatic heterocycles. The summed E-state index contributed by atoms with van der Waals surface area (Å²) in [4.78, 5) is 15.5. The summed E-state index contributed by atoms with van der Waals surface area (Å²) in [5, 5.41) is 5.18. The van der Waals surface area contributed by atoms with E-state index in [1.54, 1.807) is 25.1 Å². The molecular formula is C24H25N3O3S. The molecular weight excluding hydrogens is 410 g/mol. The van der Waals surface area contributed by atoms with Crippen LogP contribution >= 0.6 is 0 Å². The van der Waals surface area contributed by atoms with Gasteiger partial charge in [-0.05, 0) is 42.0 Å². The van der Waals surface area contributed by atoms with Crippen molar-refractivity contribution in [3.8, 4) is 0 Å². The van der Waals surface area contributed by atoms with Crippen LogP contribution in [0.2, 0.25) is 0 Å².